The number of methoxy groups -OCH3 is 1. The molecule has 5 nitrogen and oxygen atoms in total. The van der Waals surface area contributed by atoms with Gasteiger partial charge >= 0.3 is 5.97 Å². The van der Waals surface area contributed by atoms with Crippen molar-refractivity contribution in [1.29, 1.82) is 0 Å². The maximum Gasteiger partial charge on any atom is 0.337 e. The number of amides is 1. The summed E-state index contributed by atoms with van der Waals surface area (Å²) in [6.07, 6.45) is 2.08. The molecule has 0 bridgehead atoms. The molecule has 1 amide bonds. The summed E-state index contributed by atoms with van der Waals surface area (Å²) < 4.78 is 4.81. The fourth-order valence-corrected chi connectivity index (χ4v) is 2.61. The summed E-state index contributed by atoms with van der Waals surface area (Å²) in [6.45, 7) is 0.620. The van der Waals surface area contributed by atoms with E-state index in [1.165, 1.54) is 12.1 Å². The van der Waals surface area contributed by atoms with E-state index in [9.17, 15) is 9.59 Å². The number of carbonyl (C=O) groups excluding carboxylic acids is 2. The first kappa shape index (κ1) is 11.9. The Bertz CT molecular complexity index is 553. The zero-order valence-corrected chi connectivity index (χ0v) is 10.6. The van der Waals surface area contributed by atoms with Crippen molar-refractivity contribution in [3.8, 4) is 0 Å². The molecule has 2 aliphatic heterocycles. The van der Waals surface area contributed by atoms with Gasteiger partial charge in [0.15, 0.2) is 0 Å². The predicted molar refractivity (Wildman–Crippen MR) is 67.5 cm³/mol. The van der Waals surface area contributed by atoms with Crippen LogP contribution in [0.3, 0.4) is 0 Å². The number of benzene rings is 1. The van der Waals surface area contributed by atoms with Crippen LogP contribution >= 0.6 is 0 Å². The number of ether oxygens (including phenoxy) is 1. The van der Waals surface area contributed by atoms with Crippen LogP contribution in [0, 0.1) is 0 Å². The number of fused-ring (bicyclic) bond motifs is 1. The van der Waals surface area contributed by atoms with Crippen LogP contribution in [0.25, 0.3) is 0 Å². The number of carbonyl (C=O) groups is 2. The molecule has 1 unspecified atom stereocenters. The fourth-order valence-electron chi connectivity index (χ4n) is 2.61. The molecule has 19 heavy (non-hydrogen) atoms. The average molecular weight is 258 g/mol. The standard InChI is InChI=1S/C14H14N2O3/c1-19-14(18)11-9-16-12(17)7-8-15(16)13(11)10-5-3-2-4-6-10/h2-6,9,13H,7-8H2,1H3. The first-order valence-corrected chi connectivity index (χ1v) is 6.16. The molecule has 1 aromatic rings. The van der Waals surface area contributed by atoms with Crippen molar-refractivity contribution in [2.24, 2.45) is 0 Å². The molecular weight excluding hydrogens is 244 g/mol. The smallest absolute Gasteiger partial charge is 0.337 e. The first-order chi connectivity index (χ1) is 9.22. The average Bonchev–Trinajstić information content (AvgIpc) is 2.99. The Morgan fingerprint density at radius 1 is 1.32 bits per heavy atom. The van der Waals surface area contributed by atoms with Gasteiger partial charge in [-0.2, -0.15) is 0 Å². The van der Waals surface area contributed by atoms with Crippen molar-refractivity contribution in [3.05, 3.63) is 47.7 Å². The lowest BCUT2D eigenvalue weighted by Crippen LogP contribution is -2.33. The van der Waals surface area contributed by atoms with Gasteiger partial charge in [0.25, 0.3) is 0 Å². The van der Waals surface area contributed by atoms with E-state index in [1.807, 2.05) is 35.3 Å². The monoisotopic (exact) mass is 258 g/mol. The molecule has 1 atom stereocenters. The minimum atomic E-state index is -0.393. The topological polar surface area (TPSA) is 49.9 Å². The van der Waals surface area contributed by atoms with Gasteiger partial charge in [0.05, 0.1) is 18.7 Å². The molecule has 0 N–H and O–H groups in total. The maximum absolute atomic E-state index is 11.9. The van der Waals surface area contributed by atoms with Crippen LogP contribution in [0.1, 0.15) is 18.0 Å². The summed E-state index contributed by atoms with van der Waals surface area (Å²) in [5, 5.41) is 3.44. The quantitative estimate of drug-likeness (QED) is 0.749. The van der Waals surface area contributed by atoms with Gasteiger partial charge in [0.2, 0.25) is 5.91 Å². The Kier molecular flexibility index (Phi) is 2.83. The summed E-state index contributed by atoms with van der Waals surface area (Å²) in [5.41, 5.74) is 1.48. The second kappa shape index (κ2) is 4.51. The second-order valence-electron chi connectivity index (χ2n) is 4.54. The minimum absolute atomic E-state index is 0.0137. The molecule has 0 aliphatic carbocycles. The highest BCUT2D eigenvalue weighted by Crippen LogP contribution is 2.39. The Morgan fingerprint density at radius 2 is 2.05 bits per heavy atom. The van der Waals surface area contributed by atoms with Crippen molar-refractivity contribution in [2.45, 2.75) is 12.5 Å². The highest BCUT2D eigenvalue weighted by molar-refractivity contribution is 5.92. The number of nitrogens with zero attached hydrogens (tertiary/aromatic N) is 2. The van der Waals surface area contributed by atoms with Crippen molar-refractivity contribution in [2.75, 3.05) is 13.7 Å². The van der Waals surface area contributed by atoms with Gasteiger partial charge in [0, 0.05) is 19.2 Å². The molecule has 1 aromatic carbocycles. The Hall–Kier alpha value is -2.14. The van der Waals surface area contributed by atoms with E-state index in [1.54, 1.807) is 6.20 Å². The highest BCUT2D eigenvalue weighted by atomic mass is 16.5. The van der Waals surface area contributed by atoms with Crippen LogP contribution in [0.15, 0.2) is 42.1 Å². The number of hydrogen-bond acceptors (Lipinski definition) is 4. The van der Waals surface area contributed by atoms with E-state index >= 15 is 0 Å². The lowest BCUT2D eigenvalue weighted by Gasteiger charge is -2.26. The van der Waals surface area contributed by atoms with Gasteiger partial charge in [-0.1, -0.05) is 30.3 Å². The van der Waals surface area contributed by atoms with Crippen molar-refractivity contribution < 1.29 is 14.3 Å². The Balaban J connectivity index is 2.03. The third-order valence-electron chi connectivity index (χ3n) is 3.48. The van der Waals surface area contributed by atoms with Crippen LogP contribution in [-0.4, -0.2) is 35.5 Å². The lowest BCUT2D eigenvalue weighted by atomic mass is 10.00. The summed E-state index contributed by atoms with van der Waals surface area (Å²) in [7, 11) is 1.35. The van der Waals surface area contributed by atoms with Crippen molar-refractivity contribution in [3.63, 3.8) is 0 Å². The molecule has 2 aliphatic rings. The normalized spacial score (nSPS) is 22.4. The molecule has 98 valence electrons. The van der Waals surface area contributed by atoms with Crippen LogP contribution in [-0.2, 0) is 14.3 Å². The Morgan fingerprint density at radius 3 is 2.74 bits per heavy atom. The number of hydrazine groups is 1. The predicted octanol–water partition coefficient (Wildman–Crippen LogP) is 1.25. The fraction of sp³-hybridized carbons (Fsp3) is 0.286. The SMILES string of the molecule is COC(=O)C1=CN2C(=O)CCN2C1c1ccccc1. The van der Waals surface area contributed by atoms with Gasteiger partial charge in [0.1, 0.15) is 0 Å². The number of esters is 1. The van der Waals surface area contributed by atoms with E-state index in [4.69, 9.17) is 4.74 Å². The van der Waals surface area contributed by atoms with Gasteiger partial charge in [-0.05, 0) is 5.56 Å². The maximum atomic E-state index is 11.9. The largest absolute Gasteiger partial charge is 0.466 e. The second-order valence-corrected chi connectivity index (χ2v) is 4.54. The Labute approximate surface area is 111 Å². The molecular formula is C14H14N2O3. The van der Waals surface area contributed by atoms with Crippen LogP contribution in [0.4, 0.5) is 0 Å². The van der Waals surface area contributed by atoms with Gasteiger partial charge in [-0.25, -0.2) is 14.8 Å². The molecule has 0 saturated carbocycles. The molecule has 1 fully saturated rings. The number of rotatable bonds is 2. The van der Waals surface area contributed by atoms with E-state index in [-0.39, 0.29) is 11.9 Å². The van der Waals surface area contributed by atoms with E-state index in [0.29, 0.717) is 18.5 Å². The zero-order valence-electron chi connectivity index (χ0n) is 10.6. The van der Waals surface area contributed by atoms with Crippen molar-refractivity contribution in [1.82, 2.24) is 10.0 Å². The van der Waals surface area contributed by atoms with Gasteiger partial charge < -0.3 is 4.74 Å². The molecule has 0 radical (unpaired) electrons. The minimum Gasteiger partial charge on any atom is -0.466 e. The summed E-state index contributed by atoms with van der Waals surface area (Å²) in [5.74, 6) is -0.379. The van der Waals surface area contributed by atoms with Gasteiger partial charge in [-0.3, -0.25) is 4.79 Å². The molecule has 0 spiro atoms. The van der Waals surface area contributed by atoms with Crippen LogP contribution in [0.5, 0.6) is 0 Å². The molecule has 0 aromatic heterocycles. The van der Waals surface area contributed by atoms with Crippen molar-refractivity contribution >= 4 is 11.9 Å². The molecule has 3 rings (SSSR count). The highest BCUT2D eigenvalue weighted by Gasteiger charge is 2.43. The number of hydrogen-bond donors (Lipinski definition) is 0. The molecule has 5 heteroatoms. The third kappa shape index (κ3) is 1.82. The summed E-state index contributed by atoms with van der Waals surface area (Å²) in [4.78, 5) is 23.7. The zero-order chi connectivity index (χ0) is 13.4. The van der Waals surface area contributed by atoms with E-state index in [0.717, 1.165) is 5.56 Å². The molecule has 1 saturated heterocycles. The first-order valence-electron chi connectivity index (χ1n) is 6.16. The van der Waals surface area contributed by atoms with E-state index < -0.39 is 5.97 Å². The van der Waals surface area contributed by atoms with Crippen LogP contribution < -0.4 is 0 Å². The van der Waals surface area contributed by atoms with Gasteiger partial charge in [-0.15, -0.1) is 0 Å². The van der Waals surface area contributed by atoms with E-state index in [2.05, 4.69) is 0 Å². The summed E-state index contributed by atoms with van der Waals surface area (Å²) in [6, 6.07) is 9.43. The summed E-state index contributed by atoms with van der Waals surface area (Å²) >= 11 is 0. The van der Waals surface area contributed by atoms with Crippen LogP contribution in [0.2, 0.25) is 0 Å². The third-order valence-corrected chi connectivity index (χ3v) is 3.48. The molecule has 2 heterocycles. The lowest BCUT2D eigenvalue weighted by molar-refractivity contribution is -0.137.